The van der Waals surface area contributed by atoms with Gasteiger partial charge in [0.05, 0.1) is 12.5 Å². The third kappa shape index (κ3) is 4.98. The van der Waals surface area contributed by atoms with Crippen LogP contribution in [0.25, 0.3) is 0 Å². The number of rotatable bonds is 6. The van der Waals surface area contributed by atoms with Gasteiger partial charge >= 0.3 is 0 Å². The minimum Gasteiger partial charge on any atom is -0.381 e. The number of carbonyl (C=O) groups excluding carboxylic acids is 1. The molecule has 0 aromatic carbocycles. The Balaban J connectivity index is 2.01. The number of alkyl halides is 1. The molecule has 0 aliphatic carbocycles. The van der Waals surface area contributed by atoms with Gasteiger partial charge in [-0.15, -0.1) is 0 Å². The summed E-state index contributed by atoms with van der Waals surface area (Å²) in [5, 5.41) is 4.01. The highest BCUT2D eigenvalue weighted by Crippen LogP contribution is 2.12. The molecule has 88 valence electrons. The van der Waals surface area contributed by atoms with Gasteiger partial charge < -0.3 is 10.1 Å². The van der Waals surface area contributed by atoms with Crippen LogP contribution in [0.3, 0.4) is 0 Å². The highest BCUT2D eigenvalue weighted by molar-refractivity contribution is 9.09. The largest absolute Gasteiger partial charge is 0.381 e. The Morgan fingerprint density at radius 3 is 3.07 bits per heavy atom. The number of nitrogens with one attached hydrogen (secondary N) is 1. The van der Waals surface area contributed by atoms with Crippen molar-refractivity contribution in [2.75, 3.05) is 25.1 Å². The Morgan fingerprint density at radius 2 is 2.47 bits per heavy atom. The molecule has 0 aromatic rings. The van der Waals surface area contributed by atoms with Gasteiger partial charge in [0.2, 0.25) is 5.91 Å². The van der Waals surface area contributed by atoms with E-state index >= 15 is 0 Å². The molecule has 1 N–H and O–H groups in total. The monoisotopic (exact) mass is 277 g/mol. The summed E-state index contributed by atoms with van der Waals surface area (Å²) < 4.78 is 5.17. The second kappa shape index (κ2) is 7.23. The number of ether oxygens (including phenoxy) is 1. The van der Waals surface area contributed by atoms with E-state index in [1.165, 1.54) is 0 Å². The van der Waals surface area contributed by atoms with Gasteiger partial charge in [0.1, 0.15) is 0 Å². The average molecular weight is 278 g/mol. The molecule has 1 saturated heterocycles. The minimum atomic E-state index is 0.0959. The highest BCUT2D eigenvalue weighted by atomic mass is 79.9. The van der Waals surface area contributed by atoms with Crippen LogP contribution in [0, 0.1) is 11.8 Å². The van der Waals surface area contributed by atoms with Crippen LogP contribution >= 0.6 is 15.9 Å². The number of hydrogen-bond donors (Lipinski definition) is 1. The van der Waals surface area contributed by atoms with Gasteiger partial charge in [0, 0.05) is 18.5 Å². The first kappa shape index (κ1) is 13.0. The Hall–Kier alpha value is -0.0900. The molecule has 2 unspecified atom stereocenters. The maximum absolute atomic E-state index is 11.6. The summed E-state index contributed by atoms with van der Waals surface area (Å²) in [6, 6.07) is 0. The first-order valence-corrected chi connectivity index (χ1v) is 6.77. The lowest BCUT2D eigenvalue weighted by Crippen LogP contribution is -2.31. The molecule has 0 aromatic heterocycles. The lowest BCUT2D eigenvalue weighted by molar-refractivity contribution is -0.124. The van der Waals surface area contributed by atoms with Crippen molar-refractivity contribution in [3.8, 4) is 0 Å². The zero-order valence-corrected chi connectivity index (χ0v) is 10.9. The Morgan fingerprint density at radius 1 is 1.67 bits per heavy atom. The molecule has 0 bridgehead atoms. The lowest BCUT2D eigenvalue weighted by Gasteiger charge is -2.10. The fourth-order valence-corrected chi connectivity index (χ4v) is 1.95. The van der Waals surface area contributed by atoms with Gasteiger partial charge in [-0.2, -0.15) is 0 Å². The maximum atomic E-state index is 11.6. The molecule has 1 fully saturated rings. The summed E-state index contributed by atoms with van der Waals surface area (Å²) in [5.41, 5.74) is 0. The van der Waals surface area contributed by atoms with Crippen LogP contribution in [0.4, 0.5) is 0 Å². The van der Waals surface area contributed by atoms with E-state index in [9.17, 15) is 4.79 Å². The van der Waals surface area contributed by atoms with Crippen LogP contribution in [0.5, 0.6) is 0 Å². The second-order valence-corrected chi connectivity index (χ2v) is 4.90. The number of halogens is 1. The molecular formula is C11H20BrNO2. The zero-order valence-electron chi connectivity index (χ0n) is 9.30. The number of hydrogen-bond acceptors (Lipinski definition) is 2. The molecule has 1 aliphatic rings. The van der Waals surface area contributed by atoms with Crippen LogP contribution < -0.4 is 5.32 Å². The van der Waals surface area contributed by atoms with E-state index in [4.69, 9.17) is 4.74 Å². The maximum Gasteiger partial charge on any atom is 0.225 e. The van der Waals surface area contributed by atoms with Crippen LogP contribution in [-0.4, -0.2) is 31.0 Å². The lowest BCUT2D eigenvalue weighted by atomic mass is 10.1. The third-order valence-electron chi connectivity index (χ3n) is 2.74. The minimum absolute atomic E-state index is 0.0959. The van der Waals surface area contributed by atoms with Gasteiger partial charge in [-0.1, -0.05) is 22.9 Å². The van der Waals surface area contributed by atoms with E-state index in [-0.39, 0.29) is 11.8 Å². The third-order valence-corrected chi connectivity index (χ3v) is 3.84. The summed E-state index contributed by atoms with van der Waals surface area (Å²) in [4.78, 5) is 11.6. The van der Waals surface area contributed by atoms with Gasteiger partial charge in [-0.3, -0.25) is 4.79 Å². The predicted molar refractivity (Wildman–Crippen MR) is 64.1 cm³/mol. The molecule has 0 saturated carbocycles. The number of carbonyl (C=O) groups is 1. The van der Waals surface area contributed by atoms with Gasteiger partial charge in [0.25, 0.3) is 0 Å². The van der Waals surface area contributed by atoms with E-state index in [1.54, 1.807) is 0 Å². The Kier molecular flexibility index (Phi) is 6.25. The van der Waals surface area contributed by atoms with Crippen LogP contribution in [0.15, 0.2) is 0 Å². The SMILES string of the molecule is CC(CBr)CCCNC(=O)C1CCOC1. The van der Waals surface area contributed by atoms with Crippen molar-refractivity contribution < 1.29 is 9.53 Å². The summed E-state index contributed by atoms with van der Waals surface area (Å²) in [5.74, 6) is 0.953. The molecular weight excluding hydrogens is 258 g/mol. The van der Waals surface area contributed by atoms with E-state index in [1.807, 2.05) is 0 Å². The summed E-state index contributed by atoms with van der Waals surface area (Å²) in [6.45, 7) is 4.34. The first-order chi connectivity index (χ1) is 7.24. The molecule has 1 amide bonds. The first-order valence-electron chi connectivity index (χ1n) is 5.65. The fourth-order valence-electron chi connectivity index (χ4n) is 1.62. The Labute approximate surface area is 100 Å². The summed E-state index contributed by atoms with van der Waals surface area (Å²) in [6.07, 6.45) is 3.10. The molecule has 2 atom stereocenters. The van der Waals surface area contributed by atoms with Crippen molar-refractivity contribution in [2.45, 2.75) is 26.2 Å². The van der Waals surface area contributed by atoms with Crippen LogP contribution in [0.2, 0.25) is 0 Å². The molecule has 0 radical (unpaired) electrons. The predicted octanol–water partition coefficient (Wildman–Crippen LogP) is 1.95. The van der Waals surface area contributed by atoms with Crippen molar-refractivity contribution in [1.82, 2.24) is 5.32 Å². The van der Waals surface area contributed by atoms with Crippen molar-refractivity contribution in [1.29, 1.82) is 0 Å². The van der Waals surface area contributed by atoms with Crippen molar-refractivity contribution in [3.63, 3.8) is 0 Å². The summed E-state index contributed by atoms with van der Waals surface area (Å²) in [7, 11) is 0. The molecule has 1 heterocycles. The Bertz CT molecular complexity index is 193. The standard InChI is InChI=1S/C11H20BrNO2/c1-9(7-12)3-2-5-13-11(14)10-4-6-15-8-10/h9-10H,2-8H2,1H3,(H,13,14). The summed E-state index contributed by atoms with van der Waals surface area (Å²) >= 11 is 3.45. The molecule has 3 nitrogen and oxygen atoms in total. The van der Waals surface area contributed by atoms with Gasteiger partial charge in [-0.25, -0.2) is 0 Å². The van der Waals surface area contributed by atoms with Gasteiger partial charge in [-0.05, 0) is 25.2 Å². The van der Waals surface area contributed by atoms with E-state index in [0.29, 0.717) is 12.5 Å². The zero-order chi connectivity index (χ0) is 11.1. The molecule has 1 aliphatic heterocycles. The van der Waals surface area contributed by atoms with E-state index in [2.05, 4.69) is 28.2 Å². The quantitative estimate of drug-likeness (QED) is 0.595. The molecule has 1 rings (SSSR count). The normalized spacial score (nSPS) is 22.7. The molecule has 0 spiro atoms. The average Bonchev–Trinajstić information content (AvgIpc) is 2.77. The van der Waals surface area contributed by atoms with E-state index < -0.39 is 0 Å². The van der Waals surface area contributed by atoms with Gasteiger partial charge in [0.15, 0.2) is 0 Å². The van der Waals surface area contributed by atoms with E-state index in [0.717, 1.165) is 37.7 Å². The highest BCUT2D eigenvalue weighted by Gasteiger charge is 2.22. The number of amides is 1. The van der Waals surface area contributed by atoms with Crippen molar-refractivity contribution in [2.24, 2.45) is 11.8 Å². The topological polar surface area (TPSA) is 38.3 Å². The van der Waals surface area contributed by atoms with Crippen LogP contribution in [0.1, 0.15) is 26.2 Å². The fraction of sp³-hybridized carbons (Fsp3) is 0.909. The smallest absolute Gasteiger partial charge is 0.225 e. The second-order valence-electron chi connectivity index (χ2n) is 4.25. The van der Waals surface area contributed by atoms with Crippen LogP contribution in [-0.2, 0) is 9.53 Å². The van der Waals surface area contributed by atoms with Crippen molar-refractivity contribution >= 4 is 21.8 Å². The van der Waals surface area contributed by atoms with Crippen molar-refractivity contribution in [3.05, 3.63) is 0 Å². The molecule has 4 heteroatoms. The molecule has 15 heavy (non-hydrogen) atoms.